The van der Waals surface area contributed by atoms with Crippen LogP contribution in [0.15, 0.2) is 42.1 Å². The third-order valence-corrected chi connectivity index (χ3v) is 2.78. The molecule has 0 aliphatic rings. The van der Waals surface area contributed by atoms with Crippen LogP contribution in [0.4, 0.5) is 0 Å². The lowest BCUT2D eigenvalue weighted by Crippen LogP contribution is -1.99. The van der Waals surface area contributed by atoms with E-state index in [1.807, 2.05) is 19.1 Å². The highest BCUT2D eigenvalue weighted by atomic mass is 16.4. The standard InChI is InChI=1S/C14H15NO2/c1-10(7-14(16)17)8-15-9-11(2)12-5-3-4-6-13(12)15/h3-7,9H,8H2,1-2H3,(H,16,17). The third-order valence-electron chi connectivity index (χ3n) is 2.78. The molecule has 1 aromatic heterocycles. The first-order valence-electron chi connectivity index (χ1n) is 5.52. The summed E-state index contributed by atoms with van der Waals surface area (Å²) < 4.78 is 2.08. The quantitative estimate of drug-likeness (QED) is 0.822. The van der Waals surface area contributed by atoms with Gasteiger partial charge < -0.3 is 9.67 Å². The number of carboxylic acids is 1. The second-order valence-corrected chi connectivity index (χ2v) is 4.29. The largest absolute Gasteiger partial charge is 0.478 e. The van der Waals surface area contributed by atoms with E-state index in [1.165, 1.54) is 17.0 Å². The van der Waals surface area contributed by atoms with Gasteiger partial charge in [0, 0.05) is 29.7 Å². The fourth-order valence-electron chi connectivity index (χ4n) is 2.09. The molecule has 3 nitrogen and oxygen atoms in total. The number of fused-ring (bicyclic) bond motifs is 1. The lowest BCUT2D eigenvalue weighted by atomic mass is 10.2. The van der Waals surface area contributed by atoms with E-state index in [0.717, 1.165) is 11.1 Å². The monoisotopic (exact) mass is 229 g/mol. The van der Waals surface area contributed by atoms with Crippen molar-refractivity contribution < 1.29 is 9.90 Å². The van der Waals surface area contributed by atoms with E-state index in [-0.39, 0.29) is 0 Å². The molecule has 17 heavy (non-hydrogen) atoms. The molecule has 2 aromatic rings. The predicted molar refractivity (Wildman–Crippen MR) is 68.1 cm³/mol. The number of aryl methyl sites for hydroxylation is 1. The highest BCUT2D eigenvalue weighted by Crippen LogP contribution is 2.21. The molecule has 0 saturated heterocycles. The maximum absolute atomic E-state index is 10.6. The second kappa shape index (κ2) is 4.45. The minimum absolute atomic E-state index is 0.612. The molecule has 0 radical (unpaired) electrons. The van der Waals surface area contributed by atoms with Gasteiger partial charge in [0.05, 0.1) is 0 Å². The Morgan fingerprint density at radius 3 is 2.82 bits per heavy atom. The van der Waals surface area contributed by atoms with Crippen molar-refractivity contribution in [2.24, 2.45) is 0 Å². The Kier molecular flexibility index (Phi) is 3.00. The minimum atomic E-state index is -0.893. The van der Waals surface area contributed by atoms with Crippen molar-refractivity contribution in [1.29, 1.82) is 0 Å². The van der Waals surface area contributed by atoms with Crippen LogP contribution in [0.3, 0.4) is 0 Å². The van der Waals surface area contributed by atoms with E-state index < -0.39 is 5.97 Å². The number of rotatable bonds is 3. The summed E-state index contributed by atoms with van der Waals surface area (Å²) in [6.45, 7) is 4.51. The molecule has 0 spiro atoms. The van der Waals surface area contributed by atoms with Gasteiger partial charge in [-0.3, -0.25) is 0 Å². The van der Waals surface area contributed by atoms with Gasteiger partial charge in [-0.15, -0.1) is 0 Å². The number of carbonyl (C=O) groups is 1. The summed E-state index contributed by atoms with van der Waals surface area (Å²) in [5, 5.41) is 9.91. The number of hydrogen-bond acceptors (Lipinski definition) is 1. The van der Waals surface area contributed by atoms with Crippen molar-refractivity contribution in [3.63, 3.8) is 0 Å². The third kappa shape index (κ3) is 2.38. The summed E-state index contributed by atoms with van der Waals surface area (Å²) in [5.74, 6) is -0.893. The smallest absolute Gasteiger partial charge is 0.328 e. The van der Waals surface area contributed by atoms with Crippen LogP contribution in [0, 0.1) is 6.92 Å². The van der Waals surface area contributed by atoms with Gasteiger partial charge in [-0.05, 0) is 31.1 Å². The van der Waals surface area contributed by atoms with E-state index in [9.17, 15) is 4.79 Å². The minimum Gasteiger partial charge on any atom is -0.478 e. The zero-order chi connectivity index (χ0) is 12.4. The van der Waals surface area contributed by atoms with Gasteiger partial charge in [-0.2, -0.15) is 0 Å². The van der Waals surface area contributed by atoms with Gasteiger partial charge in [0.15, 0.2) is 0 Å². The van der Waals surface area contributed by atoms with Crippen LogP contribution < -0.4 is 0 Å². The van der Waals surface area contributed by atoms with Gasteiger partial charge >= 0.3 is 5.97 Å². The first-order valence-corrected chi connectivity index (χ1v) is 5.52. The zero-order valence-electron chi connectivity index (χ0n) is 9.97. The normalized spacial score (nSPS) is 12.0. The molecular formula is C14H15NO2. The van der Waals surface area contributed by atoms with Crippen LogP contribution in [0.2, 0.25) is 0 Å². The molecule has 3 heteroatoms. The average molecular weight is 229 g/mol. The van der Waals surface area contributed by atoms with Gasteiger partial charge in [-0.25, -0.2) is 4.79 Å². The Balaban J connectivity index is 2.40. The van der Waals surface area contributed by atoms with E-state index in [2.05, 4.69) is 29.8 Å². The van der Waals surface area contributed by atoms with E-state index in [4.69, 9.17) is 5.11 Å². The van der Waals surface area contributed by atoms with E-state index in [1.54, 1.807) is 0 Å². The zero-order valence-corrected chi connectivity index (χ0v) is 9.97. The Morgan fingerprint density at radius 1 is 1.41 bits per heavy atom. The Hall–Kier alpha value is -2.03. The van der Waals surface area contributed by atoms with Gasteiger partial charge in [-0.1, -0.05) is 18.2 Å². The van der Waals surface area contributed by atoms with Gasteiger partial charge in [0.25, 0.3) is 0 Å². The molecule has 1 aromatic carbocycles. The highest BCUT2D eigenvalue weighted by molar-refractivity contribution is 5.84. The summed E-state index contributed by atoms with van der Waals surface area (Å²) >= 11 is 0. The van der Waals surface area contributed by atoms with Crippen LogP contribution in [-0.2, 0) is 11.3 Å². The van der Waals surface area contributed by atoms with Crippen molar-refractivity contribution >= 4 is 16.9 Å². The number of benzene rings is 1. The van der Waals surface area contributed by atoms with E-state index in [0.29, 0.717) is 6.54 Å². The summed E-state index contributed by atoms with van der Waals surface area (Å²) in [6, 6.07) is 8.14. The number of aromatic nitrogens is 1. The summed E-state index contributed by atoms with van der Waals surface area (Å²) in [5.41, 5.74) is 3.19. The van der Waals surface area contributed by atoms with Crippen molar-refractivity contribution in [3.8, 4) is 0 Å². The molecule has 0 bridgehead atoms. The first kappa shape index (κ1) is 11.5. The lowest BCUT2D eigenvalue weighted by molar-refractivity contribution is -0.131. The Labute approximate surface area is 100.0 Å². The number of nitrogens with zero attached hydrogens (tertiary/aromatic N) is 1. The molecule has 0 aliphatic carbocycles. The van der Waals surface area contributed by atoms with Crippen LogP contribution in [-0.4, -0.2) is 15.6 Å². The van der Waals surface area contributed by atoms with Crippen LogP contribution >= 0.6 is 0 Å². The number of hydrogen-bond donors (Lipinski definition) is 1. The molecule has 2 rings (SSSR count). The summed E-state index contributed by atoms with van der Waals surface area (Å²) in [4.78, 5) is 10.6. The van der Waals surface area contributed by atoms with Gasteiger partial charge in [0.2, 0.25) is 0 Å². The number of carboxylic acid groups (broad SMARTS) is 1. The highest BCUT2D eigenvalue weighted by Gasteiger charge is 2.05. The van der Waals surface area contributed by atoms with E-state index >= 15 is 0 Å². The number of para-hydroxylation sites is 1. The molecule has 0 amide bonds. The van der Waals surface area contributed by atoms with Crippen molar-refractivity contribution in [2.75, 3.05) is 0 Å². The molecule has 0 saturated carbocycles. The summed E-state index contributed by atoms with van der Waals surface area (Å²) in [6.07, 6.45) is 3.31. The Bertz CT molecular complexity index is 593. The fourth-order valence-corrected chi connectivity index (χ4v) is 2.09. The molecule has 0 fully saturated rings. The summed E-state index contributed by atoms with van der Waals surface area (Å²) in [7, 11) is 0. The maximum Gasteiger partial charge on any atom is 0.328 e. The van der Waals surface area contributed by atoms with Gasteiger partial charge in [0.1, 0.15) is 0 Å². The fraction of sp³-hybridized carbons (Fsp3) is 0.214. The first-order chi connectivity index (χ1) is 8.08. The second-order valence-electron chi connectivity index (χ2n) is 4.29. The van der Waals surface area contributed by atoms with Crippen molar-refractivity contribution in [1.82, 2.24) is 4.57 Å². The molecule has 0 unspecified atom stereocenters. The van der Waals surface area contributed by atoms with Crippen molar-refractivity contribution in [3.05, 3.63) is 47.7 Å². The lowest BCUT2D eigenvalue weighted by Gasteiger charge is -2.04. The van der Waals surface area contributed by atoms with Crippen molar-refractivity contribution in [2.45, 2.75) is 20.4 Å². The average Bonchev–Trinajstić information content (AvgIpc) is 2.55. The molecule has 0 atom stereocenters. The van der Waals surface area contributed by atoms with Crippen LogP contribution in [0.25, 0.3) is 10.9 Å². The molecule has 88 valence electrons. The SMILES string of the molecule is CC(=CC(=O)O)Cn1cc(C)c2ccccc21. The number of allylic oxidation sites excluding steroid dienone is 1. The van der Waals surface area contributed by atoms with Crippen LogP contribution in [0.1, 0.15) is 12.5 Å². The Morgan fingerprint density at radius 2 is 2.12 bits per heavy atom. The predicted octanol–water partition coefficient (Wildman–Crippen LogP) is 2.98. The molecule has 0 aliphatic heterocycles. The van der Waals surface area contributed by atoms with Crippen LogP contribution in [0.5, 0.6) is 0 Å². The maximum atomic E-state index is 10.6. The topological polar surface area (TPSA) is 42.2 Å². The molecule has 1 N–H and O–H groups in total. The number of aliphatic carboxylic acids is 1. The molecule has 1 heterocycles. The molecular weight excluding hydrogens is 214 g/mol.